The van der Waals surface area contributed by atoms with Crippen LogP contribution in [0.5, 0.6) is 11.5 Å². The van der Waals surface area contributed by atoms with E-state index in [1.807, 2.05) is 6.07 Å². The Morgan fingerprint density at radius 2 is 1.90 bits per heavy atom. The molecule has 1 saturated carbocycles. The van der Waals surface area contributed by atoms with E-state index >= 15 is 0 Å². The average Bonchev–Trinajstić information content (AvgIpc) is 3.06. The fourth-order valence-corrected chi connectivity index (χ4v) is 2.78. The minimum Gasteiger partial charge on any atom is -0.493 e. The molecule has 0 heterocycles. The molecule has 20 heavy (non-hydrogen) atoms. The van der Waals surface area contributed by atoms with Crippen LogP contribution in [0.1, 0.15) is 45.2 Å². The van der Waals surface area contributed by atoms with Crippen LogP contribution in [0.4, 0.5) is 0 Å². The molecule has 1 fully saturated rings. The summed E-state index contributed by atoms with van der Waals surface area (Å²) in [6.07, 6.45) is 2.41. The van der Waals surface area contributed by atoms with Crippen LogP contribution in [0.25, 0.3) is 0 Å². The van der Waals surface area contributed by atoms with Gasteiger partial charge in [0.2, 0.25) is 0 Å². The van der Waals surface area contributed by atoms with Gasteiger partial charge in [0, 0.05) is 6.04 Å². The summed E-state index contributed by atoms with van der Waals surface area (Å²) >= 11 is 0. The summed E-state index contributed by atoms with van der Waals surface area (Å²) in [4.78, 5) is 0. The highest BCUT2D eigenvalue weighted by molar-refractivity contribution is 5.43. The van der Waals surface area contributed by atoms with Crippen LogP contribution in [0.15, 0.2) is 18.2 Å². The maximum atomic E-state index is 5.39. The highest BCUT2D eigenvalue weighted by Crippen LogP contribution is 2.51. The Hall–Kier alpha value is -1.22. The van der Waals surface area contributed by atoms with E-state index in [4.69, 9.17) is 9.47 Å². The van der Waals surface area contributed by atoms with Crippen molar-refractivity contribution in [3.63, 3.8) is 0 Å². The molecule has 1 N–H and O–H groups in total. The van der Waals surface area contributed by atoms with Gasteiger partial charge in [-0.25, -0.2) is 0 Å². The molecule has 0 bridgehead atoms. The molecule has 112 valence electrons. The average molecular weight is 277 g/mol. The molecule has 0 radical (unpaired) electrons. The summed E-state index contributed by atoms with van der Waals surface area (Å²) in [6.45, 7) is 8.00. The number of ether oxygens (including phenoxy) is 2. The SMILES string of the molecule is CCC(NCC1CC1(C)C)c1ccc(OC)c(OC)c1. The predicted octanol–water partition coefficient (Wildman–Crippen LogP) is 3.79. The quantitative estimate of drug-likeness (QED) is 0.822. The fraction of sp³-hybridized carbons (Fsp3) is 0.647. The Balaban J connectivity index is 2.03. The zero-order valence-electron chi connectivity index (χ0n) is 13.3. The molecule has 3 heteroatoms. The van der Waals surface area contributed by atoms with Crippen LogP contribution in [-0.2, 0) is 0 Å². The van der Waals surface area contributed by atoms with Crippen LogP contribution >= 0.6 is 0 Å². The molecule has 0 amide bonds. The van der Waals surface area contributed by atoms with E-state index < -0.39 is 0 Å². The van der Waals surface area contributed by atoms with Crippen molar-refractivity contribution in [1.29, 1.82) is 0 Å². The van der Waals surface area contributed by atoms with Gasteiger partial charge in [-0.05, 0) is 48.4 Å². The molecule has 2 rings (SSSR count). The van der Waals surface area contributed by atoms with Gasteiger partial charge in [-0.1, -0.05) is 26.8 Å². The lowest BCUT2D eigenvalue weighted by Gasteiger charge is -2.19. The van der Waals surface area contributed by atoms with Gasteiger partial charge in [0.1, 0.15) is 0 Å². The molecule has 2 unspecified atom stereocenters. The Morgan fingerprint density at radius 3 is 2.40 bits per heavy atom. The van der Waals surface area contributed by atoms with Crippen molar-refractivity contribution in [2.75, 3.05) is 20.8 Å². The summed E-state index contributed by atoms with van der Waals surface area (Å²) in [7, 11) is 3.35. The van der Waals surface area contributed by atoms with E-state index in [1.165, 1.54) is 12.0 Å². The largest absolute Gasteiger partial charge is 0.493 e. The van der Waals surface area contributed by atoms with Crippen molar-refractivity contribution in [3.05, 3.63) is 23.8 Å². The first-order valence-corrected chi connectivity index (χ1v) is 7.47. The number of methoxy groups -OCH3 is 2. The Labute approximate surface area is 122 Å². The molecular weight excluding hydrogens is 250 g/mol. The highest BCUT2D eigenvalue weighted by Gasteiger charge is 2.45. The third kappa shape index (κ3) is 3.26. The van der Waals surface area contributed by atoms with E-state index in [-0.39, 0.29) is 0 Å². The molecule has 1 aliphatic carbocycles. The van der Waals surface area contributed by atoms with Gasteiger partial charge >= 0.3 is 0 Å². The van der Waals surface area contributed by atoms with Gasteiger partial charge in [0.15, 0.2) is 11.5 Å². The summed E-state index contributed by atoms with van der Waals surface area (Å²) in [5, 5.41) is 3.70. The number of rotatable bonds is 7. The standard InChI is InChI=1S/C17H27NO2/c1-6-14(18-11-13-10-17(13,2)3)12-7-8-15(19-4)16(9-12)20-5/h7-9,13-14,18H,6,10-11H2,1-5H3. The van der Waals surface area contributed by atoms with Crippen molar-refractivity contribution in [3.8, 4) is 11.5 Å². The maximum Gasteiger partial charge on any atom is 0.161 e. The molecule has 0 aliphatic heterocycles. The maximum absolute atomic E-state index is 5.39. The van der Waals surface area contributed by atoms with Crippen LogP contribution in [0.3, 0.4) is 0 Å². The Bertz CT molecular complexity index is 456. The normalized spacial score (nSPS) is 21.4. The van der Waals surface area contributed by atoms with Gasteiger partial charge in [-0.15, -0.1) is 0 Å². The van der Waals surface area contributed by atoms with Crippen LogP contribution in [0.2, 0.25) is 0 Å². The molecule has 3 nitrogen and oxygen atoms in total. The van der Waals surface area contributed by atoms with Crippen molar-refractivity contribution in [1.82, 2.24) is 5.32 Å². The zero-order chi connectivity index (χ0) is 14.8. The van der Waals surface area contributed by atoms with E-state index in [9.17, 15) is 0 Å². The van der Waals surface area contributed by atoms with Crippen molar-refractivity contribution < 1.29 is 9.47 Å². The first-order chi connectivity index (χ1) is 9.51. The highest BCUT2D eigenvalue weighted by atomic mass is 16.5. The van der Waals surface area contributed by atoms with Gasteiger partial charge in [0.25, 0.3) is 0 Å². The van der Waals surface area contributed by atoms with Crippen molar-refractivity contribution >= 4 is 0 Å². The lowest BCUT2D eigenvalue weighted by Crippen LogP contribution is -2.24. The lowest BCUT2D eigenvalue weighted by atomic mass is 10.0. The van der Waals surface area contributed by atoms with E-state index in [1.54, 1.807) is 14.2 Å². The molecule has 0 saturated heterocycles. The Morgan fingerprint density at radius 1 is 1.25 bits per heavy atom. The molecule has 1 aromatic rings. The van der Waals surface area contributed by atoms with Crippen molar-refractivity contribution in [2.24, 2.45) is 11.3 Å². The zero-order valence-corrected chi connectivity index (χ0v) is 13.3. The van der Waals surface area contributed by atoms with E-state index in [0.717, 1.165) is 30.4 Å². The first kappa shape index (κ1) is 15.2. The van der Waals surface area contributed by atoms with E-state index in [2.05, 4.69) is 38.2 Å². The molecule has 1 aromatic carbocycles. The summed E-state index contributed by atoms with van der Waals surface area (Å²) in [5.41, 5.74) is 1.80. The Kier molecular flexibility index (Phi) is 4.59. The van der Waals surface area contributed by atoms with Crippen LogP contribution < -0.4 is 14.8 Å². The summed E-state index contributed by atoms with van der Waals surface area (Å²) in [6, 6.07) is 6.57. The third-order valence-electron chi connectivity index (χ3n) is 4.55. The molecular formula is C17H27NO2. The topological polar surface area (TPSA) is 30.5 Å². The van der Waals surface area contributed by atoms with Gasteiger partial charge < -0.3 is 14.8 Å². The molecule has 2 atom stereocenters. The van der Waals surface area contributed by atoms with Crippen LogP contribution in [-0.4, -0.2) is 20.8 Å². The van der Waals surface area contributed by atoms with Gasteiger partial charge in [-0.2, -0.15) is 0 Å². The summed E-state index contributed by atoms with van der Waals surface area (Å²) < 4.78 is 10.7. The van der Waals surface area contributed by atoms with Gasteiger partial charge in [0.05, 0.1) is 14.2 Å². The minimum absolute atomic E-state index is 0.381. The smallest absolute Gasteiger partial charge is 0.161 e. The first-order valence-electron chi connectivity index (χ1n) is 7.47. The number of hydrogen-bond acceptors (Lipinski definition) is 3. The minimum atomic E-state index is 0.381. The van der Waals surface area contributed by atoms with Crippen molar-refractivity contribution in [2.45, 2.75) is 39.7 Å². The lowest BCUT2D eigenvalue weighted by molar-refractivity contribution is 0.353. The number of nitrogens with one attached hydrogen (secondary N) is 1. The molecule has 1 aliphatic rings. The van der Waals surface area contributed by atoms with Gasteiger partial charge in [-0.3, -0.25) is 0 Å². The fourth-order valence-electron chi connectivity index (χ4n) is 2.78. The number of benzene rings is 1. The third-order valence-corrected chi connectivity index (χ3v) is 4.55. The second-order valence-corrected chi connectivity index (χ2v) is 6.37. The van der Waals surface area contributed by atoms with E-state index in [0.29, 0.717) is 11.5 Å². The molecule has 0 spiro atoms. The van der Waals surface area contributed by atoms with Crippen LogP contribution in [0, 0.1) is 11.3 Å². The number of hydrogen-bond donors (Lipinski definition) is 1. The summed E-state index contributed by atoms with van der Waals surface area (Å²) in [5.74, 6) is 2.41. The predicted molar refractivity (Wildman–Crippen MR) is 82.5 cm³/mol. The molecule has 0 aromatic heterocycles. The monoisotopic (exact) mass is 277 g/mol. The second kappa shape index (κ2) is 6.04. The second-order valence-electron chi connectivity index (χ2n) is 6.37.